The molecule has 1 aliphatic rings. The number of carbonyl (C=O) groups excluding carboxylic acids is 2. The zero-order valence-corrected chi connectivity index (χ0v) is 17.1. The number of amides is 1. The predicted molar refractivity (Wildman–Crippen MR) is 104 cm³/mol. The number of fused-ring (bicyclic) bond motifs is 1. The van der Waals surface area contributed by atoms with Crippen molar-refractivity contribution in [3.05, 3.63) is 51.3 Å². The lowest BCUT2D eigenvalue weighted by Crippen LogP contribution is -2.31. The van der Waals surface area contributed by atoms with Gasteiger partial charge in [-0.25, -0.2) is 9.59 Å². The first-order valence-corrected chi connectivity index (χ1v) is 9.68. The van der Waals surface area contributed by atoms with Gasteiger partial charge in [0, 0.05) is 13.1 Å². The van der Waals surface area contributed by atoms with Gasteiger partial charge in [-0.15, -0.1) is 0 Å². The lowest BCUT2D eigenvalue weighted by atomic mass is 10.1. The lowest BCUT2D eigenvalue weighted by molar-refractivity contribution is 0.0518. The van der Waals surface area contributed by atoms with E-state index in [0.717, 1.165) is 16.7 Å². The molecular weight excluding hydrogens is 382 g/mol. The SMILES string of the molecule is CCOC(=O)c1nn2c(c1Cl)CN(C(=O)OCc1cc(C)cc(C)c1)CCC2. The summed E-state index contributed by atoms with van der Waals surface area (Å²) in [5.41, 5.74) is 3.91. The van der Waals surface area contributed by atoms with E-state index in [4.69, 9.17) is 21.1 Å². The Morgan fingerprint density at radius 3 is 2.54 bits per heavy atom. The van der Waals surface area contributed by atoms with Gasteiger partial charge in [0.2, 0.25) is 0 Å². The highest BCUT2D eigenvalue weighted by molar-refractivity contribution is 6.34. The zero-order valence-electron chi connectivity index (χ0n) is 16.3. The first-order valence-electron chi connectivity index (χ1n) is 9.30. The molecule has 1 aromatic heterocycles. The second kappa shape index (κ2) is 8.65. The molecule has 0 spiro atoms. The van der Waals surface area contributed by atoms with E-state index in [-0.39, 0.29) is 30.5 Å². The van der Waals surface area contributed by atoms with Crippen LogP contribution in [0.2, 0.25) is 5.02 Å². The van der Waals surface area contributed by atoms with Gasteiger partial charge in [0.25, 0.3) is 0 Å². The normalized spacial score (nSPS) is 13.6. The molecule has 0 aliphatic carbocycles. The highest BCUT2D eigenvalue weighted by Gasteiger charge is 2.28. The molecule has 28 heavy (non-hydrogen) atoms. The Bertz CT molecular complexity index is 874. The second-order valence-electron chi connectivity index (χ2n) is 6.88. The van der Waals surface area contributed by atoms with Crippen LogP contribution >= 0.6 is 11.6 Å². The largest absolute Gasteiger partial charge is 0.461 e. The van der Waals surface area contributed by atoms with Crippen LogP contribution in [0.5, 0.6) is 0 Å². The number of halogens is 1. The Labute approximate surface area is 169 Å². The number of benzene rings is 1. The summed E-state index contributed by atoms with van der Waals surface area (Å²) in [5.74, 6) is -0.558. The number of rotatable bonds is 4. The van der Waals surface area contributed by atoms with Crippen molar-refractivity contribution in [1.82, 2.24) is 14.7 Å². The summed E-state index contributed by atoms with van der Waals surface area (Å²) in [7, 11) is 0. The van der Waals surface area contributed by atoms with Gasteiger partial charge in [-0.2, -0.15) is 5.10 Å². The van der Waals surface area contributed by atoms with Crippen LogP contribution in [0.4, 0.5) is 4.79 Å². The van der Waals surface area contributed by atoms with Gasteiger partial charge in [0.05, 0.1) is 23.9 Å². The van der Waals surface area contributed by atoms with Gasteiger partial charge in [0.1, 0.15) is 6.61 Å². The van der Waals surface area contributed by atoms with Gasteiger partial charge in [0.15, 0.2) is 5.69 Å². The molecular formula is C20H24ClN3O4. The first kappa shape index (κ1) is 20.2. The molecule has 2 aromatic rings. The summed E-state index contributed by atoms with van der Waals surface area (Å²) in [6.07, 6.45) is 0.272. The summed E-state index contributed by atoms with van der Waals surface area (Å²) in [6, 6.07) is 6.07. The van der Waals surface area contributed by atoms with Crippen LogP contribution in [0.1, 0.15) is 46.2 Å². The molecule has 0 radical (unpaired) electrons. The van der Waals surface area contributed by atoms with Crippen molar-refractivity contribution in [3.8, 4) is 0 Å². The highest BCUT2D eigenvalue weighted by atomic mass is 35.5. The monoisotopic (exact) mass is 405 g/mol. The Kier molecular flexibility index (Phi) is 6.24. The van der Waals surface area contributed by atoms with Crippen LogP contribution in [0.25, 0.3) is 0 Å². The van der Waals surface area contributed by atoms with Gasteiger partial charge in [-0.05, 0) is 32.8 Å². The highest BCUT2D eigenvalue weighted by Crippen LogP contribution is 2.26. The molecule has 0 atom stereocenters. The van der Waals surface area contributed by atoms with Gasteiger partial charge in [-0.1, -0.05) is 40.9 Å². The molecule has 1 aromatic carbocycles. The molecule has 0 saturated heterocycles. The number of ether oxygens (including phenoxy) is 2. The minimum atomic E-state index is -0.558. The molecule has 3 rings (SSSR count). The molecule has 0 unspecified atom stereocenters. The van der Waals surface area contributed by atoms with Crippen LogP contribution in [0.3, 0.4) is 0 Å². The molecule has 7 nitrogen and oxygen atoms in total. The molecule has 150 valence electrons. The number of esters is 1. The van der Waals surface area contributed by atoms with Crippen LogP contribution < -0.4 is 0 Å². The van der Waals surface area contributed by atoms with Crippen LogP contribution in [-0.4, -0.2) is 39.9 Å². The topological polar surface area (TPSA) is 73.7 Å². The van der Waals surface area contributed by atoms with E-state index in [2.05, 4.69) is 11.2 Å². The molecule has 8 heteroatoms. The molecule has 0 fully saturated rings. The van der Waals surface area contributed by atoms with E-state index in [1.165, 1.54) is 0 Å². The summed E-state index contributed by atoms with van der Waals surface area (Å²) < 4.78 is 12.2. The Balaban J connectivity index is 1.70. The van der Waals surface area contributed by atoms with Crippen LogP contribution in [-0.2, 0) is 29.2 Å². The summed E-state index contributed by atoms with van der Waals surface area (Å²) in [6.45, 7) is 7.52. The Morgan fingerprint density at radius 2 is 1.86 bits per heavy atom. The molecule has 0 bridgehead atoms. The van der Waals surface area contributed by atoms with Crippen molar-refractivity contribution in [2.75, 3.05) is 13.2 Å². The van der Waals surface area contributed by atoms with Crippen molar-refractivity contribution in [2.45, 2.75) is 46.9 Å². The summed E-state index contributed by atoms with van der Waals surface area (Å²) in [5, 5.41) is 4.50. The van der Waals surface area contributed by atoms with E-state index < -0.39 is 12.1 Å². The number of aromatic nitrogens is 2. The van der Waals surface area contributed by atoms with Crippen molar-refractivity contribution in [2.24, 2.45) is 0 Å². The average molecular weight is 406 g/mol. The number of aryl methyl sites for hydroxylation is 3. The third kappa shape index (κ3) is 4.47. The van der Waals surface area contributed by atoms with E-state index in [1.54, 1.807) is 16.5 Å². The first-order chi connectivity index (χ1) is 13.4. The molecule has 0 saturated carbocycles. The Hall–Kier alpha value is -2.54. The van der Waals surface area contributed by atoms with Crippen molar-refractivity contribution in [3.63, 3.8) is 0 Å². The fraction of sp³-hybridized carbons (Fsp3) is 0.450. The van der Waals surface area contributed by atoms with Crippen LogP contribution in [0.15, 0.2) is 18.2 Å². The van der Waals surface area contributed by atoms with E-state index in [0.29, 0.717) is 25.2 Å². The van der Waals surface area contributed by atoms with E-state index in [9.17, 15) is 9.59 Å². The fourth-order valence-electron chi connectivity index (χ4n) is 3.36. The fourth-order valence-corrected chi connectivity index (χ4v) is 3.63. The van der Waals surface area contributed by atoms with Gasteiger partial charge in [-0.3, -0.25) is 4.68 Å². The predicted octanol–water partition coefficient (Wildman–Crippen LogP) is 3.87. The maximum absolute atomic E-state index is 12.6. The van der Waals surface area contributed by atoms with Gasteiger partial charge >= 0.3 is 12.1 Å². The minimum absolute atomic E-state index is 0.0870. The number of nitrogens with zero attached hydrogens (tertiary/aromatic N) is 3. The minimum Gasteiger partial charge on any atom is -0.461 e. The number of hydrogen-bond acceptors (Lipinski definition) is 5. The summed E-state index contributed by atoms with van der Waals surface area (Å²) in [4.78, 5) is 26.2. The third-order valence-electron chi connectivity index (χ3n) is 4.50. The van der Waals surface area contributed by atoms with Gasteiger partial charge < -0.3 is 14.4 Å². The molecule has 1 aliphatic heterocycles. The van der Waals surface area contributed by atoms with Crippen molar-refractivity contribution < 1.29 is 19.1 Å². The molecule has 0 N–H and O–H groups in total. The smallest absolute Gasteiger partial charge is 0.410 e. The number of hydrogen-bond donors (Lipinski definition) is 0. The average Bonchev–Trinajstić information content (AvgIpc) is 2.81. The maximum Gasteiger partial charge on any atom is 0.410 e. The third-order valence-corrected chi connectivity index (χ3v) is 4.90. The molecule has 1 amide bonds. The number of carbonyl (C=O) groups is 2. The maximum atomic E-state index is 12.6. The van der Waals surface area contributed by atoms with Crippen molar-refractivity contribution >= 4 is 23.7 Å². The standard InChI is InChI=1S/C20H24ClN3O4/c1-4-27-19(25)18-17(21)16-11-23(6-5-7-24(16)22-18)20(26)28-12-15-9-13(2)8-14(3)10-15/h8-10H,4-7,11-12H2,1-3H3. The quantitative estimate of drug-likeness (QED) is 0.722. The van der Waals surface area contributed by atoms with E-state index in [1.807, 2.05) is 26.0 Å². The lowest BCUT2D eigenvalue weighted by Gasteiger charge is -2.20. The second-order valence-corrected chi connectivity index (χ2v) is 7.26. The van der Waals surface area contributed by atoms with Crippen LogP contribution in [0, 0.1) is 13.8 Å². The van der Waals surface area contributed by atoms with E-state index >= 15 is 0 Å². The Morgan fingerprint density at radius 1 is 1.14 bits per heavy atom. The summed E-state index contributed by atoms with van der Waals surface area (Å²) >= 11 is 6.36. The van der Waals surface area contributed by atoms with Crippen molar-refractivity contribution in [1.29, 1.82) is 0 Å². The zero-order chi connectivity index (χ0) is 20.3. The molecule has 2 heterocycles.